The Hall–Kier alpha value is -2.53. The number of halogens is 1. The number of ether oxygens (including phenoxy) is 1. The molecule has 0 saturated carbocycles. The third-order valence-electron chi connectivity index (χ3n) is 4.37. The molecule has 1 fully saturated rings. The van der Waals surface area contributed by atoms with E-state index in [1.165, 1.54) is 0 Å². The third kappa shape index (κ3) is 5.23. The lowest BCUT2D eigenvalue weighted by Crippen LogP contribution is -2.28. The van der Waals surface area contributed by atoms with Gasteiger partial charge in [-0.1, -0.05) is 23.7 Å². The van der Waals surface area contributed by atoms with Gasteiger partial charge in [-0.15, -0.1) is 0 Å². The Balaban J connectivity index is 1.56. The van der Waals surface area contributed by atoms with Gasteiger partial charge in [0.25, 0.3) is 0 Å². The van der Waals surface area contributed by atoms with Crippen LogP contribution in [0.15, 0.2) is 48.5 Å². The predicted octanol–water partition coefficient (Wildman–Crippen LogP) is 4.11. The minimum Gasteiger partial charge on any atom is -0.491 e. The third-order valence-corrected chi connectivity index (χ3v) is 4.62. The standard InChI is InChI=1S/C21H23ClN2O3/c1-14(2)27-19-9-7-18(8-10-19)23-21(26)16-11-20(25)24(13-16)12-15-3-5-17(22)6-4-15/h3-10,14,16H,11-13H2,1-2H3,(H,23,26). The van der Waals surface area contributed by atoms with Crippen LogP contribution < -0.4 is 10.1 Å². The summed E-state index contributed by atoms with van der Waals surface area (Å²) in [5.41, 5.74) is 1.69. The number of rotatable bonds is 6. The molecule has 0 spiro atoms. The largest absolute Gasteiger partial charge is 0.491 e. The Kier molecular flexibility index (Phi) is 6.01. The van der Waals surface area contributed by atoms with Gasteiger partial charge in [0.05, 0.1) is 12.0 Å². The fraction of sp³-hybridized carbons (Fsp3) is 0.333. The number of amides is 2. The zero-order valence-corrected chi connectivity index (χ0v) is 16.2. The van der Waals surface area contributed by atoms with Crippen LogP contribution in [0.25, 0.3) is 0 Å². The number of carbonyl (C=O) groups excluding carboxylic acids is 2. The lowest BCUT2D eigenvalue weighted by Gasteiger charge is -2.17. The van der Waals surface area contributed by atoms with E-state index < -0.39 is 0 Å². The number of likely N-dealkylation sites (tertiary alicyclic amines) is 1. The van der Waals surface area contributed by atoms with E-state index in [1.807, 2.05) is 38.1 Å². The van der Waals surface area contributed by atoms with E-state index in [0.29, 0.717) is 23.8 Å². The van der Waals surface area contributed by atoms with Crippen molar-refractivity contribution in [1.82, 2.24) is 4.90 Å². The van der Waals surface area contributed by atoms with Gasteiger partial charge in [0.2, 0.25) is 11.8 Å². The van der Waals surface area contributed by atoms with E-state index in [-0.39, 0.29) is 30.3 Å². The minimum absolute atomic E-state index is 0.00854. The van der Waals surface area contributed by atoms with E-state index in [9.17, 15) is 9.59 Å². The molecule has 1 aliphatic rings. The molecule has 1 aliphatic heterocycles. The van der Waals surface area contributed by atoms with Crippen molar-refractivity contribution in [2.75, 3.05) is 11.9 Å². The number of hydrogen-bond acceptors (Lipinski definition) is 3. The monoisotopic (exact) mass is 386 g/mol. The summed E-state index contributed by atoms with van der Waals surface area (Å²) in [6.07, 6.45) is 0.329. The van der Waals surface area contributed by atoms with Crippen molar-refractivity contribution in [1.29, 1.82) is 0 Å². The fourth-order valence-corrected chi connectivity index (χ4v) is 3.17. The van der Waals surface area contributed by atoms with Crippen LogP contribution in [0.3, 0.4) is 0 Å². The van der Waals surface area contributed by atoms with Crippen LogP contribution in [0.2, 0.25) is 5.02 Å². The average Bonchev–Trinajstić information content (AvgIpc) is 2.99. The molecule has 3 rings (SSSR count). The molecule has 27 heavy (non-hydrogen) atoms. The number of benzene rings is 2. The molecule has 6 heteroatoms. The smallest absolute Gasteiger partial charge is 0.229 e. The summed E-state index contributed by atoms with van der Waals surface area (Å²) >= 11 is 5.89. The second-order valence-corrected chi connectivity index (χ2v) is 7.42. The molecule has 1 atom stereocenters. The molecule has 1 saturated heterocycles. The van der Waals surface area contributed by atoms with Crippen molar-refractivity contribution >= 4 is 29.1 Å². The highest BCUT2D eigenvalue weighted by Crippen LogP contribution is 2.23. The molecule has 1 heterocycles. The Morgan fingerprint density at radius 1 is 1.19 bits per heavy atom. The summed E-state index contributed by atoms with van der Waals surface area (Å²) in [6.45, 7) is 4.83. The number of carbonyl (C=O) groups is 2. The van der Waals surface area contributed by atoms with Crippen molar-refractivity contribution < 1.29 is 14.3 Å². The van der Waals surface area contributed by atoms with Gasteiger partial charge in [0.15, 0.2) is 0 Å². The van der Waals surface area contributed by atoms with Gasteiger partial charge in [0, 0.05) is 30.2 Å². The van der Waals surface area contributed by atoms with Gasteiger partial charge in [0.1, 0.15) is 5.75 Å². The lowest BCUT2D eigenvalue weighted by molar-refractivity contribution is -0.128. The quantitative estimate of drug-likeness (QED) is 0.812. The van der Waals surface area contributed by atoms with Crippen molar-refractivity contribution in [3.05, 3.63) is 59.1 Å². The first-order valence-corrected chi connectivity index (χ1v) is 9.38. The summed E-state index contributed by atoms with van der Waals surface area (Å²) in [5, 5.41) is 3.55. The van der Waals surface area contributed by atoms with Crippen LogP contribution in [-0.4, -0.2) is 29.4 Å². The van der Waals surface area contributed by atoms with Gasteiger partial charge in [-0.05, 0) is 55.8 Å². The summed E-state index contributed by atoms with van der Waals surface area (Å²) in [6, 6.07) is 14.6. The van der Waals surface area contributed by atoms with Crippen molar-refractivity contribution in [2.45, 2.75) is 32.9 Å². The van der Waals surface area contributed by atoms with Crippen LogP contribution in [0.4, 0.5) is 5.69 Å². The first-order chi connectivity index (χ1) is 12.9. The maximum Gasteiger partial charge on any atom is 0.229 e. The van der Waals surface area contributed by atoms with Crippen LogP contribution in [0.1, 0.15) is 25.8 Å². The van der Waals surface area contributed by atoms with Crippen LogP contribution in [-0.2, 0) is 16.1 Å². The first kappa shape index (κ1) is 19.2. The number of nitrogens with one attached hydrogen (secondary N) is 1. The molecular weight excluding hydrogens is 364 g/mol. The maximum absolute atomic E-state index is 12.5. The topological polar surface area (TPSA) is 58.6 Å². The van der Waals surface area contributed by atoms with Gasteiger partial charge < -0.3 is 15.0 Å². The van der Waals surface area contributed by atoms with Crippen molar-refractivity contribution in [3.63, 3.8) is 0 Å². The van der Waals surface area contributed by atoms with E-state index in [4.69, 9.17) is 16.3 Å². The average molecular weight is 387 g/mol. The molecular formula is C21H23ClN2O3. The maximum atomic E-state index is 12.5. The normalized spacial score (nSPS) is 16.7. The van der Waals surface area contributed by atoms with Crippen LogP contribution in [0, 0.1) is 5.92 Å². The van der Waals surface area contributed by atoms with E-state index in [0.717, 1.165) is 11.3 Å². The molecule has 1 N–H and O–H groups in total. The Labute approximate surface area is 164 Å². The summed E-state index contributed by atoms with van der Waals surface area (Å²) in [7, 11) is 0. The molecule has 5 nitrogen and oxygen atoms in total. The second-order valence-electron chi connectivity index (χ2n) is 6.98. The summed E-state index contributed by atoms with van der Waals surface area (Å²) < 4.78 is 5.59. The highest BCUT2D eigenvalue weighted by molar-refractivity contribution is 6.30. The molecule has 0 aromatic heterocycles. The summed E-state index contributed by atoms with van der Waals surface area (Å²) in [4.78, 5) is 26.5. The highest BCUT2D eigenvalue weighted by atomic mass is 35.5. The van der Waals surface area contributed by atoms with Gasteiger partial charge in [-0.25, -0.2) is 0 Å². The Morgan fingerprint density at radius 3 is 2.48 bits per heavy atom. The second kappa shape index (κ2) is 8.44. The molecule has 0 aliphatic carbocycles. The zero-order chi connectivity index (χ0) is 19.4. The molecule has 0 radical (unpaired) electrons. The molecule has 1 unspecified atom stereocenters. The molecule has 2 aromatic rings. The van der Waals surface area contributed by atoms with E-state index in [1.54, 1.807) is 29.2 Å². The van der Waals surface area contributed by atoms with Crippen molar-refractivity contribution in [2.24, 2.45) is 5.92 Å². The number of nitrogens with zero attached hydrogens (tertiary/aromatic N) is 1. The Bertz CT molecular complexity index is 803. The van der Waals surface area contributed by atoms with E-state index in [2.05, 4.69) is 5.32 Å². The molecule has 142 valence electrons. The van der Waals surface area contributed by atoms with Gasteiger partial charge in [-0.2, -0.15) is 0 Å². The number of anilines is 1. The number of hydrogen-bond donors (Lipinski definition) is 1. The van der Waals surface area contributed by atoms with Gasteiger partial charge >= 0.3 is 0 Å². The minimum atomic E-state index is -0.351. The van der Waals surface area contributed by atoms with Crippen LogP contribution in [0.5, 0.6) is 5.75 Å². The van der Waals surface area contributed by atoms with Crippen LogP contribution >= 0.6 is 11.6 Å². The SMILES string of the molecule is CC(C)Oc1ccc(NC(=O)C2CC(=O)N(Cc3ccc(Cl)cc3)C2)cc1. The molecule has 0 bridgehead atoms. The first-order valence-electron chi connectivity index (χ1n) is 9.00. The van der Waals surface area contributed by atoms with Gasteiger partial charge in [-0.3, -0.25) is 9.59 Å². The molecule has 2 aromatic carbocycles. The Morgan fingerprint density at radius 2 is 1.85 bits per heavy atom. The fourth-order valence-electron chi connectivity index (χ4n) is 3.04. The van der Waals surface area contributed by atoms with Crippen molar-refractivity contribution in [3.8, 4) is 5.75 Å². The lowest BCUT2D eigenvalue weighted by atomic mass is 10.1. The predicted molar refractivity (Wildman–Crippen MR) is 106 cm³/mol. The summed E-state index contributed by atoms with van der Waals surface area (Å²) in [5.74, 6) is 0.259. The highest BCUT2D eigenvalue weighted by Gasteiger charge is 2.34. The molecule has 2 amide bonds. The van der Waals surface area contributed by atoms with E-state index >= 15 is 0 Å². The zero-order valence-electron chi connectivity index (χ0n) is 15.4.